The fourth-order valence-corrected chi connectivity index (χ4v) is 5.34. The Bertz CT molecular complexity index is 883. The van der Waals surface area contributed by atoms with E-state index in [4.69, 9.17) is 9.26 Å². The third-order valence-corrected chi connectivity index (χ3v) is 6.75. The number of methoxy groups -OCH3 is 1. The van der Waals surface area contributed by atoms with Gasteiger partial charge in [0.1, 0.15) is 10.8 Å². The van der Waals surface area contributed by atoms with Gasteiger partial charge in [-0.2, -0.15) is 0 Å². The number of thiophene rings is 1. The minimum absolute atomic E-state index is 0.310. The average Bonchev–Trinajstić information content (AvgIpc) is 3.14. The molecular weight excluding hydrogens is 364 g/mol. The van der Waals surface area contributed by atoms with Gasteiger partial charge in [0.15, 0.2) is 5.69 Å². The van der Waals surface area contributed by atoms with Crippen LogP contribution in [0.5, 0.6) is 0 Å². The number of hydrogen-bond acceptors (Lipinski definition) is 6. The van der Waals surface area contributed by atoms with E-state index in [1.807, 2.05) is 0 Å². The Kier molecular flexibility index (Phi) is 5.04. The summed E-state index contributed by atoms with van der Waals surface area (Å²) in [6.07, 6.45) is 7.77. The van der Waals surface area contributed by atoms with Gasteiger partial charge in [-0.25, -0.2) is 4.79 Å². The number of carbonyl (C=O) groups is 2. The lowest BCUT2D eigenvalue weighted by Crippen LogP contribution is -2.19. The number of esters is 1. The maximum absolute atomic E-state index is 12.9. The van der Waals surface area contributed by atoms with Gasteiger partial charge in [0.2, 0.25) is 0 Å². The van der Waals surface area contributed by atoms with Crippen molar-refractivity contribution in [3.05, 3.63) is 33.0 Å². The second kappa shape index (κ2) is 7.46. The monoisotopic (exact) mass is 388 g/mol. The number of aromatic nitrogens is 1. The molecule has 0 aliphatic heterocycles. The zero-order valence-electron chi connectivity index (χ0n) is 15.7. The molecule has 2 aromatic heterocycles. The molecule has 7 heteroatoms. The van der Waals surface area contributed by atoms with E-state index in [1.165, 1.54) is 23.3 Å². The highest BCUT2D eigenvalue weighted by molar-refractivity contribution is 7.17. The first-order chi connectivity index (χ1) is 13.1. The van der Waals surface area contributed by atoms with E-state index >= 15 is 0 Å². The maximum atomic E-state index is 12.9. The van der Waals surface area contributed by atoms with Gasteiger partial charge in [-0.15, -0.1) is 11.3 Å². The number of amides is 1. The molecule has 2 aromatic rings. The van der Waals surface area contributed by atoms with Crippen molar-refractivity contribution in [3.63, 3.8) is 0 Å². The highest BCUT2D eigenvalue weighted by atomic mass is 32.1. The first-order valence-corrected chi connectivity index (χ1v) is 10.4. The smallest absolute Gasteiger partial charge is 0.341 e. The fraction of sp³-hybridized carbons (Fsp3) is 0.550. The topological polar surface area (TPSA) is 81.4 Å². The second-order valence-electron chi connectivity index (χ2n) is 7.50. The van der Waals surface area contributed by atoms with Crippen LogP contribution >= 0.6 is 11.3 Å². The van der Waals surface area contributed by atoms with Crippen LogP contribution in [-0.2, 0) is 30.4 Å². The third-order valence-electron chi connectivity index (χ3n) is 5.54. The quantitative estimate of drug-likeness (QED) is 0.630. The molecule has 1 unspecified atom stereocenters. The van der Waals surface area contributed by atoms with Crippen LogP contribution in [0.2, 0.25) is 0 Å². The molecule has 2 aliphatic carbocycles. The molecule has 1 amide bonds. The van der Waals surface area contributed by atoms with E-state index in [0.717, 1.165) is 68.3 Å². The zero-order chi connectivity index (χ0) is 19.0. The van der Waals surface area contributed by atoms with E-state index in [-0.39, 0.29) is 11.9 Å². The molecule has 0 saturated carbocycles. The third kappa shape index (κ3) is 3.40. The first-order valence-electron chi connectivity index (χ1n) is 9.60. The first kappa shape index (κ1) is 18.2. The highest BCUT2D eigenvalue weighted by Gasteiger charge is 2.30. The van der Waals surface area contributed by atoms with Crippen LogP contribution in [-0.4, -0.2) is 24.1 Å². The molecule has 0 fully saturated rings. The van der Waals surface area contributed by atoms with Crippen molar-refractivity contribution in [2.45, 2.75) is 58.3 Å². The fourth-order valence-electron chi connectivity index (χ4n) is 4.07. The summed E-state index contributed by atoms with van der Waals surface area (Å²) in [5.74, 6) is 0.622. The Hall–Kier alpha value is -2.15. The van der Waals surface area contributed by atoms with E-state index in [0.29, 0.717) is 22.2 Å². The summed E-state index contributed by atoms with van der Waals surface area (Å²) in [7, 11) is 1.38. The number of nitrogens with one attached hydrogen (secondary N) is 1. The van der Waals surface area contributed by atoms with Gasteiger partial charge < -0.3 is 14.6 Å². The van der Waals surface area contributed by atoms with E-state index in [9.17, 15) is 9.59 Å². The molecule has 4 rings (SSSR count). The van der Waals surface area contributed by atoms with Gasteiger partial charge in [0.25, 0.3) is 5.91 Å². The van der Waals surface area contributed by atoms with Crippen molar-refractivity contribution in [1.29, 1.82) is 0 Å². The molecule has 0 aromatic carbocycles. The molecule has 2 aliphatic rings. The van der Waals surface area contributed by atoms with Crippen molar-refractivity contribution in [1.82, 2.24) is 5.16 Å². The number of ether oxygens (including phenoxy) is 1. The number of anilines is 1. The van der Waals surface area contributed by atoms with Crippen molar-refractivity contribution >= 4 is 28.2 Å². The summed E-state index contributed by atoms with van der Waals surface area (Å²) in [5.41, 5.74) is 2.80. The molecule has 1 N–H and O–H groups in total. The molecule has 0 saturated heterocycles. The number of carbonyl (C=O) groups excluding carboxylic acids is 2. The van der Waals surface area contributed by atoms with E-state index in [2.05, 4.69) is 17.4 Å². The molecule has 1 atom stereocenters. The predicted molar refractivity (Wildman–Crippen MR) is 103 cm³/mol. The lowest BCUT2D eigenvalue weighted by molar-refractivity contribution is 0.0601. The average molecular weight is 388 g/mol. The number of fused-ring (bicyclic) bond motifs is 2. The number of hydrogen-bond donors (Lipinski definition) is 1. The maximum Gasteiger partial charge on any atom is 0.341 e. The van der Waals surface area contributed by atoms with Gasteiger partial charge in [0, 0.05) is 16.9 Å². The Morgan fingerprint density at radius 1 is 1.19 bits per heavy atom. The van der Waals surface area contributed by atoms with Gasteiger partial charge >= 0.3 is 5.97 Å². The standard InChI is InChI=1S/C20H24N2O4S/c1-11-8-9-14-13(10-11)17(22-26-14)18(23)21-19-16(20(24)25-2)12-6-4-3-5-7-15(12)27-19/h11H,3-10H2,1-2H3,(H,21,23). The lowest BCUT2D eigenvalue weighted by Gasteiger charge is -2.16. The highest BCUT2D eigenvalue weighted by Crippen LogP contribution is 2.38. The lowest BCUT2D eigenvalue weighted by atomic mass is 9.88. The molecule has 0 spiro atoms. The molecule has 2 heterocycles. The van der Waals surface area contributed by atoms with Gasteiger partial charge in [0.05, 0.1) is 12.7 Å². The van der Waals surface area contributed by atoms with Crippen LogP contribution in [0.25, 0.3) is 0 Å². The molecule has 144 valence electrons. The van der Waals surface area contributed by atoms with Crippen LogP contribution in [0.15, 0.2) is 4.52 Å². The van der Waals surface area contributed by atoms with Crippen LogP contribution in [0.3, 0.4) is 0 Å². The zero-order valence-corrected chi connectivity index (χ0v) is 16.5. The van der Waals surface area contributed by atoms with E-state index in [1.54, 1.807) is 0 Å². The molecular formula is C20H24N2O4S. The summed E-state index contributed by atoms with van der Waals surface area (Å²) in [6.45, 7) is 2.17. The number of nitrogens with zero attached hydrogens (tertiary/aromatic N) is 1. The van der Waals surface area contributed by atoms with Crippen LogP contribution in [0, 0.1) is 5.92 Å². The molecule has 0 radical (unpaired) electrons. The van der Waals surface area contributed by atoms with Gasteiger partial charge in [-0.05, 0) is 50.0 Å². The summed E-state index contributed by atoms with van der Waals surface area (Å²) in [5, 5.41) is 7.52. The van der Waals surface area contributed by atoms with Crippen molar-refractivity contribution in [3.8, 4) is 0 Å². The summed E-state index contributed by atoms with van der Waals surface area (Å²) >= 11 is 1.49. The Morgan fingerprint density at radius 3 is 2.81 bits per heavy atom. The minimum Gasteiger partial charge on any atom is -0.465 e. The molecule has 0 bridgehead atoms. The van der Waals surface area contributed by atoms with Crippen LogP contribution in [0.1, 0.15) is 75.2 Å². The number of rotatable bonds is 3. The van der Waals surface area contributed by atoms with Crippen molar-refractivity contribution in [2.24, 2.45) is 5.92 Å². The summed E-state index contributed by atoms with van der Waals surface area (Å²) in [4.78, 5) is 26.5. The van der Waals surface area contributed by atoms with Gasteiger partial charge in [-0.3, -0.25) is 4.79 Å². The minimum atomic E-state index is -0.388. The summed E-state index contributed by atoms with van der Waals surface area (Å²) in [6, 6.07) is 0. The second-order valence-corrected chi connectivity index (χ2v) is 8.60. The molecule has 27 heavy (non-hydrogen) atoms. The Morgan fingerprint density at radius 2 is 2.00 bits per heavy atom. The number of aryl methyl sites for hydroxylation is 2. The largest absolute Gasteiger partial charge is 0.465 e. The normalized spacial score (nSPS) is 19.0. The Labute approximate surface area is 162 Å². The summed E-state index contributed by atoms with van der Waals surface area (Å²) < 4.78 is 10.4. The predicted octanol–water partition coefficient (Wildman–Crippen LogP) is 4.17. The van der Waals surface area contributed by atoms with E-state index < -0.39 is 0 Å². The van der Waals surface area contributed by atoms with Crippen molar-refractivity contribution in [2.75, 3.05) is 12.4 Å². The van der Waals surface area contributed by atoms with Gasteiger partial charge in [-0.1, -0.05) is 18.5 Å². The Balaban J connectivity index is 1.66. The SMILES string of the molecule is COC(=O)c1c(NC(=O)c2noc3c2CC(C)CC3)sc2c1CCCCC2. The van der Waals surface area contributed by atoms with Crippen LogP contribution < -0.4 is 5.32 Å². The van der Waals surface area contributed by atoms with Crippen LogP contribution in [0.4, 0.5) is 5.00 Å². The van der Waals surface area contributed by atoms with Crippen molar-refractivity contribution < 1.29 is 18.8 Å². The molecule has 6 nitrogen and oxygen atoms in total.